The summed E-state index contributed by atoms with van der Waals surface area (Å²) in [7, 11) is 1.61. The zero-order valence-electron chi connectivity index (χ0n) is 22.7. The highest BCUT2D eigenvalue weighted by molar-refractivity contribution is 8.00. The monoisotopic (exact) mass is 596 g/mol. The normalized spacial score (nSPS) is 11.2. The van der Waals surface area contributed by atoms with Crippen molar-refractivity contribution in [2.24, 2.45) is 0 Å². The third-order valence-corrected chi connectivity index (χ3v) is 7.17. The predicted molar refractivity (Wildman–Crippen MR) is 164 cm³/mol. The predicted octanol–water partition coefficient (Wildman–Crippen LogP) is 7.94. The first-order valence-corrected chi connectivity index (χ1v) is 14.1. The Morgan fingerprint density at radius 1 is 0.900 bits per heavy atom. The first kappa shape index (κ1) is 29.6. The van der Waals surface area contributed by atoms with Crippen molar-refractivity contribution in [2.45, 2.75) is 37.8 Å². The van der Waals surface area contributed by atoms with Crippen molar-refractivity contribution in [3.8, 4) is 5.75 Å². The molecular weight excluding hydrogens is 567 g/mol. The van der Waals surface area contributed by atoms with Crippen LogP contribution in [0.15, 0.2) is 83.8 Å². The Morgan fingerprint density at radius 2 is 1.57 bits per heavy atom. The van der Waals surface area contributed by atoms with E-state index in [4.69, 9.17) is 32.7 Å². The summed E-state index contributed by atoms with van der Waals surface area (Å²) in [5.41, 5.74) is 1.55. The van der Waals surface area contributed by atoms with Crippen LogP contribution in [0.3, 0.4) is 0 Å². The van der Waals surface area contributed by atoms with Crippen LogP contribution in [-0.4, -0.2) is 31.1 Å². The molecule has 0 unspecified atom stereocenters. The molecule has 0 fully saturated rings. The molecule has 4 aromatic carbocycles. The van der Waals surface area contributed by atoms with Gasteiger partial charge in [0.2, 0.25) is 0 Å². The largest absolute Gasteiger partial charge is 0.497 e. The van der Waals surface area contributed by atoms with Crippen LogP contribution in [0.5, 0.6) is 5.75 Å². The molecule has 0 aliphatic heterocycles. The van der Waals surface area contributed by atoms with Crippen molar-refractivity contribution >= 4 is 63.5 Å². The van der Waals surface area contributed by atoms with Crippen molar-refractivity contribution in [1.82, 2.24) is 5.32 Å². The molecule has 208 valence electrons. The lowest BCUT2D eigenvalue weighted by Gasteiger charge is -2.27. The number of carbonyl (C=O) groups is 2. The molecule has 0 aliphatic carbocycles. The van der Waals surface area contributed by atoms with Crippen LogP contribution < -0.4 is 14.4 Å². The van der Waals surface area contributed by atoms with E-state index >= 15 is 0 Å². The second-order valence-electron chi connectivity index (χ2n) is 10.0. The van der Waals surface area contributed by atoms with Crippen molar-refractivity contribution in [1.29, 1.82) is 0 Å². The van der Waals surface area contributed by atoms with Gasteiger partial charge in [-0.1, -0.05) is 59.6 Å². The number of fused-ring (bicyclic) bond motifs is 1. The summed E-state index contributed by atoms with van der Waals surface area (Å²) in [5.74, 6) is 0.126. The first-order valence-electron chi connectivity index (χ1n) is 12.6. The van der Waals surface area contributed by atoms with E-state index in [0.29, 0.717) is 22.2 Å². The number of carbonyl (C=O) groups excluding carboxylic acids is 2. The minimum Gasteiger partial charge on any atom is -0.497 e. The van der Waals surface area contributed by atoms with Gasteiger partial charge in [-0.05, 0) is 86.1 Å². The average molecular weight is 598 g/mol. The molecule has 6 nitrogen and oxygen atoms in total. The lowest BCUT2D eigenvalue weighted by atomic mass is 10.0. The minimum atomic E-state index is -0.639. The molecule has 40 heavy (non-hydrogen) atoms. The molecule has 0 heterocycles. The van der Waals surface area contributed by atoms with Crippen LogP contribution in [0.4, 0.5) is 5.69 Å². The number of nitrogens with zero attached hydrogens (tertiary/aromatic N) is 1. The second-order valence-corrected chi connectivity index (χ2v) is 12.0. The van der Waals surface area contributed by atoms with Crippen molar-refractivity contribution in [3.63, 3.8) is 0 Å². The molecule has 0 aromatic heterocycles. The molecule has 4 rings (SSSR count). The topological polar surface area (TPSA) is 67.9 Å². The molecule has 0 aliphatic rings. The number of nitrogens with one attached hydrogen (secondary N) is 1. The standard InChI is InChI=1S/C31H30Cl2N2O4S/c1-31(2,3)39-29(36)19-35(40-24-16-21(32)15-22(33)17-24)28-13-7-10-25-26(28)11-6-12-27(25)30(37)34-18-20-8-5-9-23(14-20)38-4/h5-17H,18-19H2,1-4H3,(H,34,37). The van der Waals surface area contributed by atoms with E-state index in [-0.39, 0.29) is 12.5 Å². The lowest BCUT2D eigenvalue weighted by Crippen LogP contribution is -2.31. The van der Waals surface area contributed by atoms with Gasteiger partial charge in [0.15, 0.2) is 0 Å². The van der Waals surface area contributed by atoms with Crippen molar-refractivity contribution < 1.29 is 19.1 Å². The van der Waals surface area contributed by atoms with Crippen LogP contribution >= 0.6 is 35.1 Å². The number of rotatable bonds is 9. The summed E-state index contributed by atoms with van der Waals surface area (Å²) in [6.45, 7) is 5.79. The molecule has 0 atom stereocenters. The maximum Gasteiger partial charge on any atom is 0.327 e. The Labute approximate surface area is 248 Å². The Hall–Kier alpha value is -3.39. The van der Waals surface area contributed by atoms with Gasteiger partial charge in [0.25, 0.3) is 5.91 Å². The Bertz CT molecular complexity index is 1520. The summed E-state index contributed by atoms with van der Waals surface area (Å²) in [4.78, 5) is 27.0. The molecule has 9 heteroatoms. The fourth-order valence-electron chi connectivity index (χ4n) is 4.13. The molecule has 1 amide bonds. The third kappa shape index (κ3) is 7.84. The van der Waals surface area contributed by atoms with Gasteiger partial charge in [-0.2, -0.15) is 0 Å². The van der Waals surface area contributed by atoms with Crippen LogP contribution in [-0.2, 0) is 16.1 Å². The van der Waals surface area contributed by atoms with E-state index in [2.05, 4.69) is 5.32 Å². The van der Waals surface area contributed by atoms with E-state index in [1.807, 2.05) is 79.7 Å². The molecule has 0 radical (unpaired) electrons. The van der Waals surface area contributed by atoms with E-state index in [0.717, 1.165) is 32.7 Å². The summed E-state index contributed by atoms with van der Waals surface area (Å²) >= 11 is 13.8. The second kappa shape index (κ2) is 12.9. The Morgan fingerprint density at radius 3 is 2.27 bits per heavy atom. The van der Waals surface area contributed by atoms with Gasteiger partial charge in [0.1, 0.15) is 17.9 Å². The number of anilines is 1. The van der Waals surface area contributed by atoms with Gasteiger partial charge in [0, 0.05) is 32.4 Å². The number of esters is 1. The van der Waals surface area contributed by atoms with Gasteiger partial charge in [-0.3, -0.25) is 9.59 Å². The molecule has 0 saturated heterocycles. The molecule has 0 saturated carbocycles. The highest BCUT2D eigenvalue weighted by Crippen LogP contribution is 2.37. The van der Waals surface area contributed by atoms with E-state index in [9.17, 15) is 9.59 Å². The highest BCUT2D eigenvalue weighted by atomic mass is 35.5. The van der Waals surface area contributed by atoms with Gasteiger partial charge in [-0.25, -0.2) is 0 Å². The Kier molecular flexibility index (Phi) is 9.51. The number of halogens is 2. The number of benzene rings is 4. The molecular formula is C31H30Cl2N2O4S. The fraction of sp³-hybridized carbons (Fsp3) is 0.226. The van der Waals surface area contributed by atoms with Gasteiger partial charge < -0.3 is 19.1 Å². The number of amides is 1. The van der Waals surface area contributed by atoms with E-state index in [1.54, 1.807) is 31.4 Å². The number of hydrogen-bond donors (Lipinski definition) is 1. The first-order chi connectivity index (χ1) is 19.0. The lowest BCUT2D eigenvalue weighted by molar-refractivity contribution is -0.152. The SMILES string of the molecule is COc1cccc(CNC(=O)c2cccc3c(N(CC(=O)OC(C)(C)C)Sc4cc(Cl)cc(Cl)c4)cccc23)c1. The number of ether oxygens (including phenoxy) is 2. The average Bonchev–Trinajstić information content (AvgIpc) is 2.89. The van der Waals surface area contributed by atoms with Gasteiger partial charge >= 0.3 is 5.97 Å². The Balaban J connectivity index is 1.67. The number of hydrogen-bond acceptors (Lipinski definition) is 6. The summed E-state index contributed by atoms with van der Waals surface area (Å²) in [6, 6.07) is 24.0. The summed E-state index contributed by atoms with van der Waals surface area (Å²) in [6.07, 6.45) is 0. The van der Waals surface area contributed by atoms with Crippen LogP contribution in [0.1, 0.15) is 36.7 Å². The summed E-state index contributed by atoms with van der Waals surface area (Å²) < 4.78 is 12.7. The van der Waals surface area contributed by atoms with E-state index < -0.39 is 11.6 Å². The smallest absolute Gasteiger partial charge is 0.327 e. The molecule has 4 aromatic rings. The molecule has 1 N–H and O–H groups in total. The van der Waals surface area contributed by atoms with Crippen molar-refractivity contribution in [3.05, 3.63) is 100 Å². The van der Waals surface area contributed by atoms with E-state index in [1.165, 1.54) is 11.9 Å². The molecule has 0 bridgehead atoms. The highest BCUT2D eigenvalue weighted by Gasteiger charge is 2.23. The summed E-state index contributed by atoms with van der Waals surface area (Å²) in [5, 5.41) is 5.53. The zero-order chi connectivity index (χ0) is 28.9. The fourth-order valence-corrected chi connectivity index (χ4v) is 5.83. The third-order valence-electron chi connectivity index (χ3n) is 5.74. The molecule has 0 spiro atoms. The van der Waals surface area contributed by atoms with Gasteiger partial charge in [0.05, 0.1) is 12.8 Å². The van der Waals surface area contributed by atoms with Crippen LogP contribution in [0.2, 0.25) is 10.0 Å². The van der Waals surface area contributed by atoms with Crippen LogP contribution in [0, 0.1) is 0 Å². The maximum absolute atomic E-state index is 13.3. The minimum absolute atomic E-state index is 0.0442. The van der Waals surface area contributed by atoms with Gasteiger partial charge in [-0.15, -0.1) is 0 Å². The quantitative estimate of drug-likeness (QED) is 0.156. The van der Waals surface area contributed by atoms with Crippen LogP contribution in [0.25, 0.3) is 10.8 Å². The maximum atomic E-state index is 13.3. The number of methoxy groups -OCH3 is 1. The van der Waals surface area contributed by atoms with Crippen molar-refractivity contribution in [2.75, 3.05) is 18.0 Å². The zero-order valence-corrected chi connectivity index (χ0v) is 25.0.